The molecule has 6 heteroatoms. The first-order valence-corrected chi connectivity index (χ1v) is 10.3. The number of carbonyl (C=O) groups excluding carboxylic acids is 1. The highest BCUT2D eigenvalue weighted by Crippen LogP contribution is 2.38. The van der Waals surface area contributed by atoms with E-state index in [2.05, 4.69) is 17.4 Å². The number of hydrogen-bond acceptors (Lipinski definition) is 3. The van der Waals surface area contributed by atoms with Crippen molar-refractivity contribution in [1.29, 1.82) is 0 Å². The minimum Gasteiger partial charge on any atom is -0.352 e. The first-order valence-electron chi connectivity index (χ1n) is 8.65. The fourth-order valence-corrected chi connectivity index (χ4v) is 5.63. The van der Waals surface area contributed by atoms with Crippen LogP contribution in [0.5, 0.6) is 0 Å². The predicted molar refractivity (Wildman–Crippen MR) is 93.9 cm³/mol. The van der Waals surface area contributed by atoms with Crippen molar-refractivity contribution in [3.63, 3.8) is 0 Å². The third kappa shape index (κ3) is 3.35. The van der Waals surface area contributed by atoms with Crippen LogP contribution < -0.4 is 5.32 Å². The maximum absolute atomic E-state index is 12.7. The second-order valence-corrected chi connectivity index (χ2v) is 9.49. The van der Waals surface area contributed by atoms with Crippen molar-refractivity contribution >= 4 is 15.9 Å². The molecule has 0 saturated carbocycles. The molecule has 3 rings (SSSR count). The summed E-state index contributed by atoms with van der Waals surface area (Å²) in [6.45, 7) is 5.26. The van der Waals surface area contributed by atoms with Gasteiger partial charge in [0.15, 0.2) is 0 Å². The maximum atomic E-state index is 12.7. The van der Waals surface area contributed by atoms with E-state index in [0.717, 1.165) is 5.56 Å². The van der Waals surface area contributed by atoms with E-state index in [1.165, 1.54) is 5.56 Å². The van der Waals surface area contributed by atoms with Crippen molar-refractivity contribution in [2.45, 2.75) is 39.7 Å². The zero-order valence-corrected chi connectivity index (χ0v) is 15.2. The van der Waals surface area contributed by atoms with E-state index in [-0.39, 0.29) is 17.6 Å². The molecule has 1 amide bonds. The van der Waals surface area contributed by atoms with Crippen LogP contribution in [0, 0.1) is 11.3 Å². The highest BCUT2D eigenvalue weighted by atomic mass is 32.2. The van der Waals surface area contributed by atoms with E-state index in [1.54, 1.807) is 4.31 Å². The Kier molecular flexibility index (Phi) is 4.71. The van der Waals surface area contributed by atoms with Gasteiger partial charge in [-0.2, -0.15) is 0 Å². The van der Waals surface area contributed by atoms with Crippen LogP contribution in [-0.2, 0) is 27.8 Å². The van der Waals surface area contributed by atoms with Crippen molar-refractivity contribution in [2.24, 2.45) is 11.3 Å². The monoisotopic (exact) mass is 350 g/mol. The van der Waals surface area contributed by atoms with Crippen LogP contribution in [0.1, 0.15) is 37.8 Å². The van der Waals surface area contributed by atoms with Gasteiger partial charge in [-0.25, -0.2) is 12.7 Å². The van der Waals surface area contributed by atoms with Crippen LogP contribution in [0.3, 0.4) is 0 Å². The maximum Gasteiger partial charge on any atom is 0.226 e. The number of nitrogens with zero attached hydrogens (tertiary/aromatic N) is 1. The number of hydrogen-bond donors (Lipinski definition) is 1. The molecule has 1 spiro atoms. The average Bonchev–Trinajstić information content (AvgIpc) is 2.65. The molecule has 1 saturated heterocycles. The Morgan fingerprint density at radius 2 is 1.79 bits per heavy atom. The summed E-state index contributed by atoms with van der Waals surface area (Å²) in [5, 5.41) is 3.04. The van der Waals surface area contributed by atoms with Crippen LogP contribution in [-0.4, -0.2) is 37.5 Å². The largest absolute Gasteiger partial charge is 0.352 e. The van der Waals surface area contributed by atoms with Gasteiger partial charge in [-0.1, -0.05) is 38.1 Å². The van der Waals surface area contributed by atoms with Crippen LogP contribution in [0.25, 0.3) is 0 Å². The second kappa shape index (κ2) is 6.48. The van der Waals surface area contributed by atoms with Gasteiger partial charge in [0.25, 0.3) is 0 Å². The minimum absolute atomic E-state index is 0.0691. The number of rotatable bonds is 3. The van der Waals surface area contributed by atoms with Gasteiger partial charge in [0.2, 0.25) is 15.9 Å². The first-order chi connectivity index (χ1) is 11.3. The lowest BCUT2D eigenvalue weighted by Crippen LogP contribution is -2.50. The van der Waals surface area contributed by atoms with Crippen LogP contribution in [0.15, 0.2) is 24.3 Å². The van der Waals surface area contributed by atoms with Gasteiger partial charge in [0.1, 0.15) is 0 Å². The van der Waals surface area contributed by atoms with Gasteiger partial charge in [-0.3, -0.25) is 4.79 Å². The normalized spacial score (nSPS) is 21.4. The van der Waals surface area contributed by atoms with Crippen LogP contribution in [0.2, 0.25) is 0 Å². The Hall–Kier alpha value is -1.40. The van der Waals surface area contributed by atoms with Crippen LogP contribution >= 0.6 is 0 Å². The van der Waals surface area contributed by atoms with E-state index in [0.29, 0.717) is 38.9 Å². The number of carbonyl (C=O) groups is 1. The SMILES string of the molecule is CC(C)CS(=O)(=O)N1CCC2(CC1)Cc1ccccc1CNC2=O. The average molecular weight is 350 g/mol. The fourth-order valence-electron chi connectivity index (χ4n) is 3.83. The van der Waals surface area contributed by atoms with Gasteiger partial charge in [-0.15, -0.1) is 0 Å². The summed E-state index contributed by atoms with van der Waals surface area (Å²) in [6.07, 6.45) is 1.88. The molecule has 132 valence electrons. The molecule has 0 bridgehead atoms. The number of benzene rings is 1. The molecule has 2 aliphatic rings. The van der Waals surface area contributed by atoms with Crippen molar-refractivity contribution in [1.82, 2.24) is 9.62 Å². The van der Waals surface area contributed by atoms with E-state index < -0.39 is 15.4 Å². The Morgan fingerprint density at radius 1 is 1.17 bits per heavy atom. The first kappa shape index (κ1) is 17.4. The Bertz CT molecular complexity index is 720. The molecule has 5 nitrogen and oxygen atoms in total. The summed E-state index contributed by atoms with van der Waals surface area (Å²) < 4.78 is 26.5. The summed E-state index contributed by atoms with van der Waals surface area (Å²) in [4.78, 5) is 12.7. The molecule has 2 heterocycles. The summed E-state index contributed by atoms with van der Waals surface area (Å²) in [5.74, 6) is 0.355. The number of nitrogens with one attached hydrogen (secondary N) is 1. The molecule has 2 aliphatic heterocycles. The molecule has 24 heavy (non-hydrogen) atoms. The Balaban J connectivity index is 1.78. The highest BCUT2D eigenvalue weighted by molar-refractivity contribution is 7.89. The lowest BCUT2D eigenvalue weighted by Gasteiger charge is -2.39. The fraction of sp³-hybridized carbons (Fsp3) is 0.611. The quantitative estimate of drug-likeness (QED) is 0.906. The molecule has 0 radical (unpaired) electrons. The summed E-state index contributed by atoms with van der Waals surface area (Å²) in [5.41, 5.74) is 1.89. The molecule has 1 aromatic rings. The number of piperidine rings is 1. The smallest absolute Gasteiger partial charge is 0.226 e. The number of amides is 1. The predicted octanol–water partition coefficient (Wildman–Crippen LogP) is 1.93. The molecular weight excluding hydrogens is 324 g/mol. The zero-order valence-electron chi connectivity index (χ0n) is 14.4. The minimum atomic E-state index is -3.22. The molecule has 1 fully saturated rings. The van der Waals surface area contributed by atoms with Gasteiger partial charge >= 0.3 is 0 Å². The number of fused-ring (bicyclic) bond motifs is 1. The van der Waals surface area contributed by atoms with Gasteiger partial charge < -0.3 is 5.32 Å². The number of sulfonamides is 1. The molecule has 0 atom stereocenters. The van der Waals surface area contributed by atoms with E-state index in [1.807, 2.05) is 26.0 Å². The third-order valence-corrected chi connectivity index (χ3v) is 7.42. The molecule has 1 aromatic carbocycles. The van der Waals surface area contributed by atoms with Gasteiger partial charge in [-0.05, 0) is 36.3 Å². The van der Waals surface area contributed by atoms with Crippen molar-refractivity contribution in [3.8, 4) is 0 Å². The zero-order chi connectivity index (χ0) is 17.4. The molecular formula is C18H26N2O3S. The van der Waals surface area contributed by atoms with Crippen LogP contribution in [0.4, 0.5) is 0 Å². The Labute approximate surface area is 144 Å². The van der Waals surface area contributed by atoms with E-state index in [9.17, 15) is 13.2 Å². The van der Waals surface area contributed by atoms with Crippen molar-refractivity contribution in [2.75, 3.05) is 18.8 Å². The van der Waals surface area contributed by atoms with Crippen molar-refractivity contribution in [3.05, 3.63) is 35.4 Å². The van der Waals surface area contributed by atoms with Crippen molar-refractivity contribution < 1.29 is 13.2 Å². The molecule has 0 aliphatic carbocycles. The molecule has 0 unspecified atom stereocenters. The lowest BCUT2D eigenvalue weighted by atomic mass is 9.73. The second-order valence-electron chi connectivity index (χ2n) is 7.48. The van der Waals surface area contributed by atoms with E-state index >= 15 is 0 Å². The lowest BCUT2D eigenvalue weighted by molar-refractivity contribution is -0.133. The summed E-state index contributed by atoms with van der Waals surface area (Å²) >= 11 is 0. The van der Waals surface area contributed by atoms with Gasteiger partial charge in [0, 0.05) is 19.6 Å². The van der Waals surface area contributed by atoms with Gasteiger partial charge in [0.05, 0.1) is 11.2 Å². The molecule has 1 N–H and O–H groups in total. The topological polar surface area (TPSA) is 66.5 Å². The molecule has 0 aromatic heterocycles. The summed E-state index contributed by atoms with van der Waals surface area (Å²) in [7, 11) is -3.22. The Morgan fingerprint density at radius 3 is 2.42 bits per heavy atom. The standard InChI is InChI=1S/C18H26N2O3S/c1-14(2)13-24(22,23)20-9-7-18(8-10-20)11-15-5-3-4-6-16(15)12-19-17(18)21/h3-6,14H,7-13H2,1-2H3,(H,19,21). The summed E-state index contributed by atoms with van der Waals surface area (Å²) in [6, 6.07) is 8.13. The third-order valence-electron chi connectivity index (χ3n) is 5.19. The van der Waals surface area contributed by atoms with E-state index in [4.69, 9.17) is 0 Å². The highest BCUT2D eigenvalue weighted by Gasteiger charge is 2.44.